The monoisotopic (exact) mass is 306 g/mol. The zero-order valence-corrected chi connectivity index (χ0v) is 13.0. The van der Waals surface area contributed by atoms with Gasteiger partial charge in [-0.25, -0.2) is 0 Å². The van der Waals surface area contributed by atoms with Crippen molar-refractivity contribution in [2.24, 2.45) is 5.92 Å². The van der Waals surface area contributed by atoms with E-state index in [4.69, 9.17) is 0 Å². The van der Waals surface area contributed by atoms with E-state index in [0.29, 0.717) is 25.2 Å². The quantitative estimate of drug-likeness (QED) is 0.878. The average molecular weight is 306 g/mol. The Bertz CT molecular complexity index is 544. The first-order valence-corrected chi connectivity index (χ1v) is 7.91. The number of hydrogen-bond acceptors (Lipinski definition) is 5. The first kappa shape index (κ1) is 14.9. The molecule has 2 aliphatic rings. The molecule has 2 aliphatic heterocycles. The molecular weight excluding hydrogens is 284 g/mol. The van der Waals surface area contributed by atoms with Crippen LogP contribution in [0.5, 0.6) is 0 Å². The van der Waals surface area contributed by atoms with Crippen molar-refractivity contribution in [3.05, 3.63) is 5.82 Å². The molecule has 120 valence electrons. The lowest BCUT2D eigenvalue weighted by atomic mass is 9.94. The summed E-state index contributed by atoms with van der Waals surface area (Å²) in [4.78, 5) is 28.5. The molecule has 3 rings (SSSR count). The van der Waals surface area contributed by atoms with Gasteiger partial charge >= 0.3 is 0 Å². The number of nitrogens with zero attached hydrogens (tertiary/aromatic N) is 5. The van der Waals surface area contributed by atoms with E-state index in [0.717, 1.165) is 19.4 Å². The molecule has 0 aromatic carbocycles. The van der Waals surface area contributed by atoms with Crippen LogP contribution in [-0.2, 0) is 9.59 Å². The van der Waals surface area contributed by atoms with Gasteiger partial charge in [0.25, 0.3) is 0 Å². The van der Waals surface area contributed by atoms with E-state index in [-0.39, 0.29) is 29.8 Å². The molecule has 0 bridgehead atoms. The van der Waals surface area contributed by atoms with Crippen molar-refractivity contribution in [1.82, 2.24) is 30.4 Å². The van der Waals surface area contributed by atoms with Crippen LogP contribution in [0, 0.1) is 5.92 Å². The van der Waals surface area contributed by atoms with Crippen LogP contribution in [0.15, 0.2) is 0 Å². The number of nitrogens with one attached hydrogen (secondary N) is 1. The second kappa shape index (κ2) is 6.02. The minimum absolute atomic E-state index is 0.0867. The lowest BCUT2D eigenvalue weighted by Crippen LogP contribution is -2.49. The highest BCUT2D eigenvalue weighted by Crippen LogP contribution is 2.32. The Morgan fingerprint density at radius 2 is 2.18 bits per heavy atom. The molecular formula is C14H22N6O2. The van der Waals surface area contributed by atoms with E-state index in [1.807, 2.05) is 23.6 Å². The number of carbonyl (C=O) groups excluding carboxylic acids is 2. The molecule has 2 fully saturated rings. The fraction of sp³-hybridized carbons (Fsp3) is 0.786. The highest BCUT2D eigenvalue weighted by atomic mass is 16.2. The largest absolute Gasteiger partial charge is 0.339 e. The highest BCUT2D eigenvalue weighted by Gasteiger charge is 2.39. The van der Waals surface area contributed by atoms with Crippen LogP contribution >= 0.6 is 0 Å². The molecule has 1 N–H and O–H groups in total. The second-order valence-corrected chi connectivity index (χ2v) is 6.34. The fourth-order valence-electron chi connectivity index (χ4n) is 3.42. The summed E-state index contributed by atoms with van der Waals surface area (Å²) in [6, 6.07) is 0.0473. The van der Waals surface area contributed by atoms with Crippen molar-refractivity contribution in [3.8, 4) is 0 Å². The number of H-pyrrole nitrogens is 1. The Morgan fingerprint density at radius 3 is 2.86 bits per heavy atom. The third kappa shape index (κ3) is 2.69. The van der Waals surface area contributed by atoms with Crippen molar-refractivity contribution < 1.29 is 9.59 Å². The maximum Gasteiger partial charge on any atom is 0.228 e. The van der Waals surface area contributed by atoms with Gasteiger partial charge in [0.1, 0.15) is 0 Å². The number of aromatic amines is 1. The summed E-state index contributed by atoms with van der Waals surface area (Å²) >= 11 is 0. The van der Waals surface area contributed by atoms with Crippen LogP contribution < -0.4 is 0 Å². The van der Waals surface area contributed by atoms with Crippen LogP contribution in [-0.4, -0.2) is 61.4 Å². The summed E-state index contributed by atoms with van der Waals surface area (Å²) < 4.78 is 0. The Hall–Kier alpha value is -1.99. The Morgan fingerprint density at radius 1 is 1.36 bits per heavy atom. The molecule has 3 heterocycles. The number of hydrogen-bond donors (Lipinski definition) is 1. The van der Waals surface area contributed by atoms with Crippen molar-refractivity contribution in [1.29, 1.82) is 0 Å². The minimum atomic E-state index is -0.118. The van der Waals surface area contributed by atoms with Crippen LogP contribution in [0.25, 0.3) is 0 Å². The molecule has 8 nitrogen and oxygen atoms in total. The zero-order chi connectivity index (χ0) is 15.7. The van der Waals surface area contributed by atoms with Gasteiger partial charge in [0, 0.05) is 25.6 Å². The highest BCUT2D eigenvalue weighted by molar-refractivity contribution is 5.84. The van der Waals surface area contributed by atoms with E-state index < -0.39 is 0 Å². The van der Waals surface area contributed by atoms with Gasteiger partial charge in [0.2, 0.25) is 11.8 Å². The van der Waals surface area contributed by atoms with Gasteiger partial charge in [-0.2, -0.15) is 5.21 Å². The first-order chi connectivity index (χ1) is 10.6. The number of carbonyl (C=O) groups is 2. The molecule has 2 saturated heterocycles. The van der Waals surface area contributed by atoms with E-state index >= 15 is 0 Å². The Labute approximate surface area is 129 Å². The topological polar surface area (TPSA) is 95.1 Å². The number of likely N-dealkylation sites (tertiary alicyclic amines) is 2. The van der Waals surface area contributed by atoms with Crippen molar-refractivity contribution >= 4 is 11.8 Å². The van der Waals surface area contributed by atoms with E-state index in [9.17, 15) is 9.59 Å². The summed E-state index contributed by atoms with van der Waals surface area (Å²) in [5.74, 6) is 0.728. The third-order valence-electron chi connectivity index (χ3n) is 4.61. The Kier molecular flexibility index (Phi) is 4.08. The second-order valence-electron chi connectivity index (χ2n) is 6.34. The number of aromatic nitrogens is 4. The maximum atomic E-state index is 12.9. The molecule has 1 aromatic rings. The van der Waals surface area contributed by atoms with Crippen molar-refractivity contribution in [2.45, 2.75) is 51.6 Å². The van der Waals surface area contributed by atoms with Gasteiger partial charge < -0.3 is 9.80 Å². The molecule has 2 unspecified atom stereocenters. The first-order valence-electron chi connectivity index (χ1n) is 7.91. The predicted octanol–water partition coefficient (Wildman–Crippen LogP) is 0.510. The molecule has 8 heteroatoms. The van der Waals surface area contributed by atoms with Gasteiger partial charge in [-0.05, 0) is 33.1 Å². The van der Waals surface area contributed by atoms with E-state index in [2.05, 4.69) is 20.6 Å². The summed E-state index contributed by atoms with van der Waals surface area (Å²) in [7, 11) is 0. The van der Waals surface area contributed by atoms with Crippen molar-refractivity contribution in [2.75, 3.05) is 13.1 Å². The standard InChI is InChI=1S/C14H22N6O2/c1-9(2)20-8-10(5-6-12(20)21)14(22)19-7-3-4-11(19)13-15-17-18-16-13/h9-11H,3-8H2,1-2H3,(H,15,16,17,18). The molecule has 22 heavy (non-hydrogen) atoms. The molecule has 0 spiro atoms. The molecule has 1 aromatic heterocycles. The number of amides is 2. The van der Waals surface area contributed by atoms with Crippen molar-refractivity contribution in [3.63, 3.8) is 0 Å². The molecule has 2 atom stereocenters. The van der Waals surface area contributed by atoms with Gasteiger partial charge in [-0.1, -0.05) is 5.21 Å². The van der Waals surface area contributed by atoms with Gasteiger partial charge in [0.05, 0.1) is 12.0 Å². The smallest absolute Gasteiger partial charge is 0.228 e. The molecule has 2 amide bonds. The van der Waals surface area contributed by atoms with E-state index in [1.165, 1.54) is 0 Å². The summed E-state index contributed by atoms with van der Waals surface area (Å²) in [6.45, 7) is 5.22. The van der Waals surface area contributed by atoms with Gasteiger partial charge in [-0.3, -0.25) is 9.59 Å². The average Bonchev–Trinajstić information content (AvgIpc) is 3.17. The number of rotatable bonds is 3. The summed E-state index contributed by atoms with van der Waals surface area (Å²) in [6.07, 6.45) is 2.90. The summed E-state index contributed by atoms with van der Waals surface area (Å²) in [5.41, 5.74) is 0. The maximum absolute atomic E-state index is 12.9. The van der Waals surface area contributed by atoms with Crippen LogP contribution in [0.3, 0.4) is 0 Å². The fourth-order valence-corrected chi connectivity index (χ4v) is 3.42. The van der Waals surface area contributed by atoms with Crippen LogP contribution in [0.2, 0.25) is 0 Å². The van der Waals surface area contributed by atoms with Crippen LogP contribution in [0.4, 0.5) is 0 Å². The summed E-state index contributed by atoms with van der Waals surface area (Å²) in [5, 5.41) is 14.1. The van der Waals surface area contributed by atoms with Crippen LogP contribution in [0.1, 0.15) is 51.4 Å². The third-order valence-corrected chi connectivity index (χ3v) is 4.61. The van der Waals surface area contributed by atoms with E-state index in [1.54, 1.807) is 0 Å². The predicted molar refractivity (Wildman–Crippen MR) is 77.4 cm³/mol. The van der Waals surface area contributed by atoms with Gasteiger partial charge in [-0.15, -0.1) is 10.2 Å². The SMILES string of the molecule is CC(C)N1CC(C(=O)N2CCCC2c2nn[nH]n2)CCC1=O. The minimum Gasteiger partial charge on any atom is -0.339 e. The van der Waals surface area contributed by atoms with Gasteiger partial charge in [0.15, 0.2) is 5.82 Å². The molecule has 0 radical (unpaired) electrons. The normalized spacial score (nSPS) is 26.0. The lowest BCUT2D eigenvalue weighted by molar-refractivity contribution is -0.145. The molecule has 0 aliphatic carbocycles. The number of tetrazole rings is 1. The Balaban J connectivity index is 1.72. The number of piperidine rings is 1. The zero-order valence-electron chi connectivity index (χ0n) is 13.0. The molecule has 0 saturated carbocycles. The lowest BCUT2D eigenvalue weighted by Gasteiger charge is -2.37.